The van der Waals surface area contributed by atoms with Crippen LogP contribution >= 0.6 is 11.5 Å². The van der Waals surface area contributed by atoms with Crippen LogP contribution in [0.1, 0.15) is 45.9 Å². The molecule has 0 aliphatic carbocycles. The number of aliphatic carboxylic acids is 1. The molecule has 112 valence electrons. The SMILES string of the molecule is CCCc1nsc(N2CCCC(C(C)(C)C(=O)O)C2)n1. The van der Waals surface area contributed by atoms with Crippen LogP contribution in [0.3, 0.4) is 0 Å². The molecule has 1 aromatic rings. The summed E-state index contributed by atoms with van der Waals surface area (Å²) < 4.78 is 4.38. The van der Waals surface area contributed by atoms with E-state index in [0.717, 1.165) is 49.7 Å². The first-order valence-electron chi connectivity index (χ1n) is 7.26. The normalized spacial score (nSPS) is 20.1. The molecule has 1 N–H and O–H groups in total. The fourth-order valence-corrected chi connectivity index (χ4v) is 3.36. The number of hydrogen-bond donors (Lipinski definition) is 1. The van der Waals surface area contributed by atoms with Crippen LogP contribution in [0.25, 0.3) is 0 Å². The average molecular weight is 297 g/mol. The second kappa shape index (κ2) is 6.08. The lowest BCUT2D eigenvalue weighted by molar-refractivity contribution is -0.150. The molecule has 1 aromatic heterocycles. The maximum atomic E-state index is 11.4. The highest BCUT2D eigenvalue weighted by molar-refractivity contribution is 7.09. The number of aromatic nitrogens is 2. The Morgan fingerprint density at radius 2 is 2.30 bits per heavy atom. The zero-order valence-electron chi connectivity index (χ0n) is 12.4. The minimum Gasteiger partial charge on any atom is -0.481 e. The molecule has 1 unspecified atom stereocenters. The third kappa shape index (κ3) is 3.11. The molecule has 0 aromatic carbocycles. The highest BCUT2D eigenvalue weighted by Crippen LogP contribution is 2.36. The van der Waals surface area contributed by atoms with Gasteiger partial charge in [-0.1, -0.05) is 6.92 Å². The maximum absolute atomic E-state index is 11.4. The van der Waals surface area contributed by atoms with Crippen molar-refractivity contribution in [1.82, 2.24) is 9.36 Å². The molecule has 1 aliphatic heterocycles. The second-order valence-electron chi connectivity index (χ2n) is 6.06. The van der Waals surface area contributed by atoms with Gasteiger partial charge in [-0.05, 0) is 39.0 Å². The number of carboxylic acids is 1. The maximum Gasteiger partial charge on any atom is 0.309 e. The molecule has 1 aliphatic rings. The summed E-state index contributed by atoms with van der Waals surface area (Å²) in [6.07, 6.45) is 3.94. The lowest BCUT2D eigenvalue weighted by Crippen LogP contribution is -2.44. The Morgan fingerprint density at radius 1 is 1.55 bits per heavy atom. The molecule has 2 heterocycles. The molecular formula is C14H23N3O2S. The number of piperidine rings is 1. The monoisotopic (exact) mass is 297 g/mol. The molecule has 20 heavy (non-hydrogen) atoms. The molecule has 1 atom stereocenters. The third-order valence-corrected chi connectivity index (χ3v) is 5.01. The molecule has 0 bridgehead atoms. The molecule has 0 saturated carbocycles. The number of carbonyl (C=O) groups is 1. The molecule has 6 heteroatoms. The van der Waals surface area contributed by atoms with E-state index in [1.807, 2.05) is 13.8 Å². The molecule has 0 amide bonds. The summed E-state index contributed by atoms with van der Waals surface area (Å²) in [4.78, 5) is 18.2. The van der Waals surface area contributed by atoms with Crippen molar-refractivity contribution in [3.63, 3.8) is 0 Å². The fourth-order valence-electron chi connectivity index (χ4n) is 2.61. The minimum atomic E-state index is -0.715. The van der Waals surface area contributed by atoms with Crippen LogP contribution in [0.4, 0.5) is 5.13 Å². The van der Waals surface area contributed by atoms with E-state index < -0.39 is 11.4 Å². The van der Waals surface area contributed by atoms with E-state index in [2.05, 4.69) is 21.2 Å². The Balaban J connectivity index is 2.08. The predicted molar refractivity (Wildman–Crippen MR) is 80.3 cm³/mol. The Hall–Kier alpha value is -1.17. The van der Waals surface area contributed by atoms with Gasteiger partial charge in [-0.2, -0.15) is 4.37 Å². The second-order valence-corrected chi connectivity index (χ2v) is 6.79. The number of hydrogen-bond acceptors (Lipinski definition) is 5. The van der Waals surface area contributed by atoms with Gasteiger partial charge in [0.25, 0.3) is 0 Å². The van der Waals surface area contributed by atoms with E-state index in [1.54, 1.807) is 0 Å². The van der Waals surface area contributed by atoms with Gasteiger partial charge in [0.15, 0.2) is 0 Å². The van der Waals surface area contributed by atoms with Gasteiger partial charge in [0.1, 0.15) is 5.82 Å². The number of rotatable bonds is 5. The molecule has 0 spiro atoms. The summed E-state index contributed by atoms with van der Waals surface area (Å²) in [7, 11) is 0. The van der Waals surface area contributed by atoms with Crippen molar-refractivity contribution < 1.29 is 9.90 Å². The fraction of sp³-hybridized carbons (Fsp3) is 0.786. The Labute approximate surface area is 124 Å². The van der Waals surface area contributed by atoms with Crippen molar-refractivity contribution in [2.24, 2.45) is 11.3 Å². The van der Waals surface area contributed by atoms with E-state index >= 15 is 0 Å². The Bertz CT molecular complexity index is 473. The van der Waals surface area contributed by atoms with Crippen LogP contribution in [0.15, 0.2) is 0 Å². The van der Waals surface area contributed by atoms with Crippen LogP contribution in [-0.2, 0) is 11.2 Å². The Morgan fingerprint density at radius 3 is 2.95 bits per heavy atom. The molecule has 1 saturated heterocycles. The smallest absolute Gasteiger partial charge is 0.309 e. The molecule has 2 rings (SSSR count). The Kier molecular flexibility index (Phi) is 4.62. The summed E-state index contributed by atoms with van der Waals surface area (Å²) in [5, 5.41) is 10.3. The van der Waals surface area contributed by atoms with E-state index in [4.69, 9.17) is 0 Å². The lowest BCUT2D eigenvalue weighted by atomic mass is 9.75. The predicted octanol–water partition coefficient (Wildman–Crippen LogP) is 2.82. The summed E-state index contributed by atoms with van der Waals surface area (Å²) in [6.45, 7) is 7.48. The van der Waals surface area contributed by atoms with Crippen molar-refractivity contribution >= 4 is 22.6 Å². The molecule has 5 nitrogen and oxygen atoms in total. The van der Waals surface area contributed by atoms with Gasteiger partial charge in [-0.3, -0.25) is 4.79 Å². The average Bonchev–Trinajstić information content (AvgIpc) is 2.88. The van der Waals surface area contributed by atoms with Crippen molar-refractivity contribution in [1.29, 1.82) is 0 Å². The van der Waals surface area contributed by atoms with E-state index in [-0.39, 0.29) is 5.92 Å². The first-order valence-corrected chi connectivity index (χ1v) is 8.03. The van der Waals surface area contributed by atoms with Crippen molar-refractivity contribution in [2.75, 3.05) is 18.0 Å². The van der Waals surface area contributed by atoms with Crippen LogP contribution < -0.4 is 4.90 Å². The van der Waals surface area contributed by atoms with Crippen molar-refractivity contribution in [3.05, 3.63) is 5.82 Å². The lowest BCUT2D eigenvalue weighted by Gasteiger charge is -2.38. The molecular weight excluding hydrogens is 274 g/mol. The summed E-state index contributed by atoms with van der Waals surface area (Å²) >= 11 is 1.43. The van der Waals surface area contributed by atoms with E-state index in [0.29, 0.717) is 0 Å². The topological polar surface area (TPSA) is 66.3 Å². The highest BCUT2D eigenvalue weighted by Gasteiger charge is 2.39. The standard InChI is InChI=1S/C14H23N3O2S/c1-4-6-11-15-13(20-16-11)17-8-5-7-10(9-17)14(2,3)12(18)19/h10H,4-9H2,1-3H3,(H,18,19). The highest BCUT2D eigenvalue weighted by atomic mass is 32.1. The molecule has 0 radical (unpaired) electrons. The van der Waals surface area contributed by atoms with Crippen LogP contribution in [-0.4, -0.2) is 33.5 Å². The first-order chi connectivity index (χ1) is 9.45. The zero-order chi connectivity index (χ0) is 14.8. The summed E-state index contributed by atoms with van der Waals surface area (Å²) in [6, 6.07) is 0. The van der Waals surface area contributed by atoms with Gasteiger partial charge in [0.2, 0.25) is 5.13 Å². The van der Waals surface area contributed by atoms with Crippen LogP contribution in [0.2, 0.25) is 0 Å². The van der Waals surface area contributed by atoms with Crippen molar-refractivity contribution in [3.8, 4) is 0 Å². The van der Waals surface area contributed by atoms with Gasteiger partial charge in [0, 0.05) is 31.0 Å². The number of anilines is 1. The van der Waals surface area contributed by atoms with E-state index in [9.17, 15) is 9.90 Å². The van der Waals surface area contributed by atoms with Gasteiger partial charge in [-0.15, -0.1) is 0 Å². The summed E-state index contributed by atoms with van der Waals surface area (Å²) in [5.41, 5.74) is -0.685. The van der Waals surface area contributed by atoms with Gasteiger partial charge in [-0.25, -0.2) is 4.98 Å². The summed E-state index contributed by atoms with van der Waals surface area (Å²) in [5.74, 6) is 0.354. The van der Waals surface area contributed by atoms with E-state index in [1.165, 1.54) is 11.5 Å². The largest absolute Gasteiger partial charge is 0.481 e. The molecule has 1 fully saturated rings. The van der Waals surface area contributed by atoms with Crippen LogP contribution in [0.5, 0.6) is 0 Å². The van der Waals surface area contributed by atoms with Gasteiger partial charge in [0.05, 0.1) is 5.41 Å². The minimum absolute atomic E-state index is 0.160. The third-order valence-electron chi connectivity index (χ3n) is 4.19. The van der Waals surface area contributed by atoms with Crippen LogP contribution in [0, 0.1) is 11.3 Å². The zero-order valence-corrected chi connectivity index (χ0v) is 13.2. The number of aryl methyl sites for hydroxylation is 1. The van der Waals surface area contributed by atoms with Crippen molar-refractivity contribution in [2.45, 2.75) is 46.5 Å². The van der Waals surface area contributed by atoms with Gasteiger partial charge < -0.3 is 10.0 Å². The quantitative estimate of drug-likeness (QED) is 0.905. The number of nitrogens with zero attached hydrogens (tertiary/aromatic N) is 3. The number of carboxylic acid groups (broad SMARTS) is 1. The van der Waals surface area contributed by atoms with Gasteiger partial charge >= 0.3 is 5.97 Å². The first kappa shape index (κ1) is 15.2.